The zero-order chi connectivity index (χ0) is 9.03. The van der Waals surface area contributed by atoms with Crippen LogP contribution in [0, 0.1) is 0 Å². The van der Waals surface area contributed by atoms with Gasteiger partial charge in [0.05, 0.1) is 6.17 Å². The molecular weight excluding hydrogens is 164 g/mol. The first-order valence-corrected chi connectivity index (χ1v) is 6.07. The lowest BCUT2D eigenvalue weighted by atomic mass is 9.85. The van der Waals surface area contributed by atoms with E-state index >= 15 is 0 Å². The van der Waals surface area contributed by atoms with E-state index < -0.39 is 0 Å². The summed E-state index contributed by atoms with van der Waals surface area (Å²) in [5, 5.41) is 7.38. The number of nitrogens with one attached hydrogen (secondary N) is 2. The van der Waals surface area contributed by atoms with Gasteiger partial charge in [0.15, 0.2) is 0 Å². The quantitative estimate of drug-likeness (QED) is 0.487. The van der Waals surface area contributed by atoms with Crippen molar-refractivity contribution in [1.29, 1.82) is 0 Å². The van der Waals surface area contributed by atoms with E-state index in [1.54, 1.807) is 0 Å². The largest absolute Gasteiger partial charge is 0.305 e. The summed E-state index contributed by atoms with van der Waals surface area (Å²) >= 11 is 0. The van der Waals surface area contributed by atoms with Gasteiger partial charge in [-0.15, -0.1) is 0 Å². The first-order valence-electron chi connectivity index (χ1n) is 5.07. The smallest absolute Gasteiger partial charge is 0.0590 e. The van der Waals surface area contributed by atoms with Gasteiger partial charge in [0.1, 0.15) is 0 Å². The molecule has 0 saturated heterocycles. The molecule has 0 aliphatic heterocycles. The molecule has 0 atom stereocenters. The minimum atomic E-state index is 0.546. The lowest BCUT2D eigenvalue weighted by Crippen LogP contribution is -2.48. The van der Waals surface area contributed by atoms with Crippen molar-refractivity contribution in [1.82, 2.24) is 10.6 Å². The van der Waals surface area contributed by atoms with E-state index in [0.29, 0.717) is 11.2 Å². The zero-order valence-corrected chi connectivity index (χ0v) is 10.6. The first-order chi connectivity index (χ1) is 5.73. The van der Waals surface area contributed by atoms with Crippen LogP contribution in [0.15, 0.2) is 0 Å². The summed E-state index contributed by atoms with van der Waals surface area (Å²) in [6, 6.07) is 0. The fraction of sp³-hybridized carbons (Fsp3) is 1.00. The summed E-state index contributed by atoms with van der Waals surface area (Å²) in [4.78, 5) is 0. The highest BCUT2D eigenvalue weighted by molar-refractivity contribution is 6.15. The lowest BCUT2D eigenvalue weighted by molar-refractivity contribution is 0.273. The Kier molecular flexibility index (Phi) is 3.74. The van der Waals surface area contributed by atoms with Crippen LogP contribution in [0.4, 0.5) is 0 Å². The molecule has 1 saturated carbocycles. The van der Waals surface area contributed by atoms with Gasteiger partial charge in [-0.05, 0) is 32.0 Å². The second-order valence-corrected chi connectivity index (χ2v) is 6.22. The average Bonchev–Trinajstić information content (AvgIpc) is 2.07. The molecule has 0 aromatic rings. The van der Waals surface area contributed by atoms with Crippen LogP contribution in [0.3, 0.4) is 0 Å². The Morgan fingerprint density at radius 3 is 2.00 bits per heavy atom. The van der Waals surface area contributed by atoms with E-state index in [2.05, 4.69) is 24.7 Å². The van der Waals surface area contributed by atoms with Crippen LogP contribution < -0.4 is 10.6 Å². The van der Waals surface area contributed by atoms with Crippen LogP contribution in [0.25, 0.3) is 0 Å². The minimum Gasteiger partial charge on any atom is -0.305 e. The van der Waals surface area contributed by atoms with Crippen molar-refractivity contribution in [3.63, 3.8) is 0 Å². The van der Waals surface area contributed by atoms with E-state index in [1.807, 2.05) is 0 Å². The van der Waals surface area contributed by atoms with Crippen molar-refractivity contribution in [2.45, 2.75) is 43.3 Å². The highest BCUT2D eigenvalue weighted by atomic mass is 28.1. The summed E-state index contributed by atoms with van der Waals surface area (Å²) in [6.07, 6.45) is 7.71. The van der Waals surface area contributed by atoms with Crippen LogP contribution in [0.1, 0.15) is 32.1 Å². The predicted molar refractivity (Wildman–Crippen MR) is 57.6 cm³/mol. The lowest BCUT2D eigenvalue weighted by Gasteiger charge is -2.40. The fourth-order valence-electron chi connectivity index (χ4n) is 2.49. The van der Waals surface area contributed by atoms with Gasteiger partial charge in [-0.25, -0.2) is 0 Å². The third kappa shape index (κ3) is 2.09. The van der Waals surface area contributed by atoms with E-state index in [-0.39, 0.29) is 0 Å². The molecule has 1 aliphatic rings. The third-order valence-electron chi connectivity index (χ3n) is 3.27. The second-order valence-electron chi connectivity index (χ2n) is 4.23. The Morgan fingerprint density at radius 2 is 1.58 bits per heavy atom. The number of hydrogen-bond acceptors (Lipinski definition) is 2. The predicted octanol–water partition coefficient (Wildman–Crippen LogP) is 0.239. The van der Waals surface area contributed by atoms with Gasteiger partial charge in [0.2, 0.25) is 0 Å². The van der Waals surface area contributed by atoms with E-state index in [9.17, 15) is 0 Å². The molecule has 12 heavy (non-hydrogen) atoms. The second kappa shape index (κ2) is 4.39. The van der Waals surface area contributed by atoms with Crippen LogP contribution in [-0.2, 0) is 0 Å². The number of hydrogen-bond donors (Lipinski definition) is 2. The van der Waals surface area contributed by atoms with Crippen LogP contribution >= 0.6 is 0 Å². The molecule has 1 aliphatic carbocycles. The first kappa shape index (κ1) is 10.2. The van der Waals surface area contributed by atoms with Crippen LogP contribution in [0.2, 0.25) is 5.04 Å². The standard InChI is InChI=1S/C9H22N2Si/c1-10-8(11-2)9(12)6-4-3-5-7-9/h8,10-11H,3-7H2,1-2,12H3. The van der Waals surface area contributed by atoms with Crippen molar-refractivity contribution in [2.75, 3.05) is 14.1 Å². The summed E-state index contributed by atoms with van der Waals surface area (Å²) in [5.74, 6) is 0. The Labute approximate surface area is 78.9 Å². The molecule has 3 heteroatoms. The minimum absolute atomic E-state index is 0.546. The molecule has 0 heterocycles. The molecule has 0 amide bonds. The Hall–Kier alpha value is 0.137. The highest BCUT2D eigenvalue weighted by Gasteiger charge is 2.33. The van der Waals surface area contributed by atoms with Gasteiger partial charge in [-0.3, -0.25) is 0 Å². The van der Waals surface area contributed by atoms with Crippen molar-refractivity contribution >= 4 is 10.2 Å². The van der Waals surface area contributed by atoms with Gasteiger partial charge in [0.25, 0.3) is 0 Å². The molecule has 0 spiro atoms. The maximum absolute atomic E-state index is 3.39. The maximum Gasteiger partial charge on any atom is 0.0590 e. The van der Waals surface area contributed by atoms with E-state index in [0.717, 1.165) is 0 Å². The van der Waals surface area contributed by atoms with Gasteiger partial charge in [-0.1, -0.05) is 19.3 Å². The molecule has 0 radical (unpaired) electrons. The summed E-state index contributed by atoms with van der Waals surface area (Å²) < 4.78 is 0. The molecule has 72 valence electrons. The maximum atomic E-state index is 3.39. The topological polar surface area (TPSA) is 24.1 Å². The monoisotopic (exact) mass is 186 g/mol. The fourth-order valence-corrected chi connectivity index (χ4v) is 3.77. The molecule has 2 N–H and O–H groups in total. The van der Waals surface area contributed by atoms with Crippen molar-refractivity contribution < 1.29 is 0 Å². The van der Waals surface area contributed by atoms with Gasteiger partial charge in [-0.2, -0.15) is 0 Å². The molecule has 0 aromatic heterocycles. The molecule has 0 bridgehead atoms. The molecule has 1 rings (SSSR count). The molecule has 0 unspecified atom stereocenters. The molecular formula is C9H22N2Si. The van der Waals surface area contributed by atoms with E-state index in [1.165, 1.54) is 42.3 Å². The van der Waals surface area contributed by atoms with Crippen LogP contribution in [0.5, 0.6) is 0 Å². The normalized spacial score (nSPS) is 23.2. The molecule has 1 fully saturated rings. The summed E-state index contributed by atoms with van der Waals surface area (Å²) in [5.41, 5.74) is 0. The van der Waals surface area contributed by atoms with Crippen molar-refractivity contribution in [3.05, 3.63) is 0 Å². The Balaban J connectivity index is 2.53. The SMILES string of the molecule is CNC(NC)C1([SiH3])CCCCC1. The van der Waals surface area contributed by atoms with Crippen LogP contribution in [-0.4, -0.2) is 30.5 Å². The summed E-state index contributed by atoms with van der Waals surface area (Å²) in [6.45, 7) is 0. The van der Waals surface area contributed by atoms with Gasteiger partial charge >= 0.3 is 0 Å². The third-order valence-corrected chi connectivity index (χ3v) is 4.85. The zero-order valence-electron chi connectivity index (χ0n) is 8.61. The van der Waals surface area contributed by atoms with Crippen molar-refractivity contribution in [3.8, 4) is 0 Å². The van der Waals surface area contributed by atoms with Crippen molar-refractivity contribution in [2.24, 2.45) is 0 Å². The van der Waals surface area contributed by atoms with Gasteiger partial charge in [0, 0.05) is 10.2 Å². The van der Waals surface area contributed by atoms with E-state index in [4.69, 9.17) is 0 Å². The number of rotatable bonds is 3. The Morgan fingerprint density at radius 1 is 1.08 bits per heavy atom. The highest BCUT2D eigenvalue weighted by Crippen LogP contribution is 2.41. The molecule has 0 aromatic carbocycles. The van der Waals surface area contributed by atoms with Gasteiger partial charge < -0.3 is 10.6 Å². The summed E-state index contributed by atoms with van der Waals surface area (Å²) in [7, 11) is 5.44. The average molecular weight is 186 g/mol. The Bertz CT molecular complexity index is 128. The molecule has 2 nitrogen and oxygen atoms in total.